The van der Waals surface area contributed by atoms with Crippen LogP contribution in [0.1, 0.15) is 11.1 Å². The van der Waals surface area contributed by atoms with Crippen molar-refractivity contribution < 1.29 is 9.53 Å². The molecule has 88 valence electrons. The van der Waals surface area contributed by atoms with E-state index in [1.807, 2.05) is 37.3 Å². The Morgan fingerprint density at radius 1 is 1.47 bits per heavy atom. The molecule has 0 aromatic heterocycles. The molecule has 1 aromatic carbocycles. The quantitative estimate of drug-likeness (QED) is 0.847. The van der Waals surface area contributed by atoms with Crippen molar-refractivity contribution >= 4 is 5.91 Å². The molecule has 0 bridgehead atoms. The van der Waals surface area contributed by atoms with Gasteiger partial charge in [-0.05, 0) is 12.5 Å². The lowest BCUT2D eigenvalue weighted by Crippen LogP contribution is -2.52. The van der Waals surface area contributed by atoms with E-state index < -0.39 is 5.41 Å². The molecule has 1 aromatic rings. The molecule has 1 saturated heterocycles. The summed E-state index contributed by atoms with van der Waals surface area (Å²) in [5, 5.41) is 11.7. The van der Waals surface area contributed by atoms with Crippen molar-refractivity contribution in [2.45, 2.75) is 13.5 Å². The van der Waals surface area contributed by atoms with E-state index in [2.05, 4.69) is 5.32 Å². The number of nitrogens with zero attached hydrogens (tertiary/aromatic N) is 1. The molecule has 1 heterocycles. The summed E-state index contributed by atoms with van der Waals surface area (Å²) < 4.78 is 4.93. The number of nitriles is 1. The average molecular weight is 230 g/mol. The van der Waals surface area contributed by atoms with E-state index in [0.29, 0.717) is 6.54 Å². The fourth-order valence-electron chi connectivity index (χ4n) is 1.61. The number of carbonyl (C=O) groups is 1. The first-order valence-corrected chi connectivity index (χ1v) is 5.49. The van der Waals surface area contributed by atoms with Crippen molar-refractivity contribution in [1.29, 1.82) is 5.26 Å². The van der Waals surface area contributed by atoms with Gasteiger partial charge in [0.15, 0.2) is 5.41 Å². The van der Waals surface area contributed by atoms with Gasteiger partial charge in [-0.2, -0.15) is 5.26 Å². The van der Waals surface area contributed by atoms with E-state index in [-0.39, 0.29) is 19.1 Å². The fourth-order valence-corrected chi connectivity index (χ4v) is 1.61. The van der Waals surface area contributed by atoms with E-state index >= 15 is 0 Å². The van der Waals surface area contributed by atoms with Crippen LogP contribution in [0.25, 0.3) is 0 Å². The minimum absolute atomic E-state index is 0.198. The van der Waals surface area contributed by atoms with Gasteiger partial charge in [0, 0.05) is 6.54 Å². The van der Waals surface area contributed by atoms with Crippen LogP contribution >= 0.6 is 0 Å². The highest BCUT2D eigenvalue weighted by atomic mass is 16.5. The summed E-state index contributed by atoms with van der Waals surface area (Å²) in [6.07, 6.45) is 0. The molecule has 1 amide bonds. The summed E-state index contributed by atoms with van der Waals surface area (Å²) >= 11 is 0. The third-order valence-corrected chi connectivity index (χ3v) is 2.92. The van der Waals surface area contributed by atoms with E-state index in [1.165, 1.54) is 5.56 Å². The van der Waals surface area contributed by atoms with Gasteiger partial charge in [0.05, 0.1) is 19.3 Å². The van der Waals surface area contributed by atoms with Gasteiger partial charge in [-0.1, -0.05) is 29.8 Å². The third kappa shape index (κ3) is 2.29. The first kappa shape index (κ1) is 11.6. The third-order valence-electron chi connectivity index (χ3n) is 2.92. The molecule has 1 fully saturated rings. The van der Waals surface area contributed by atoms with Gasteiger partial charge < -0.3 is 10.1 Å². The maximum atomic E-state index is 11.8. The van der Waals surface area contributed by atoms with Gasteiger partial charge in [-0.3, -0.25) is 4.79 Å². The summed E-state index contributed by atoms with van der Waals surface area (Å²) in [6, 6.07) is 9.94. The Hall–Kier alpha value is -1.86. The Balaban J connectivity index is 1.92. The lowest BCUT2D eigenvalue weighted by molar-refractivity contribution is -0.150. The second-order valence-electron chi connectivity index (χ2n) is 4.35. The van der Waals surface area contributed by atoms with Crippen molar-refractivity contribution in [3.8, 4) is 6.07 Å². The summed E-state index contributed by atoms with van der Waals surface area (Å²) in [5.41, 5.74) is 1.24. The Morgan fingerprint density at radius 2 is 2.12 bits per heavy atom. The monoisotopic (exact) mass is 230 g/mol. The molecular weight excluding hydrogens is 216 g/mol. The molecule has 1 N–H and O–H groups in total. The molecule has 4 nitrogen and oxygen atoms in total. The molecule has 0 spiro atoms. The summed E-state index contributed by atoms with van der Waals surface area (Å²) in [4.78, 5) is 11.8. The highest BCUT2D eigenvalue weighted by Crippen LogP contribution is 2.26. The molecule has 2 rings (SSSR count). The highest BCUT2D eigenvalue weighted by molar-refractivity contribution is 5.86. The molecule has 0 radical (unpaired) electrons. The smallest absolute Gasteiger partial charge is 0.245 e. The van der Waals surface area contributed by atoms with Gasteiger partial charge in [-0.15, -0.1) is 0 Å². The molecule has 1 aliphatic heterocycles. The van der Waals surface area contributed by atoms with Crippen molar-refractivity contribution in [1.82, 2.24) is 5.32 Å². The van der Waals surface area contributed by atoms with Crippen molar-refractivity contribution in [2.24, 2.45) is 5.41 Å². The summed E-state index contributed by atoms with van der Waals surface area (Å²) in [5.74, 6) is -0.244. The number of nitrogens with one attached hydrogen (secondary N) is 1. The zero-order valence-electron chi connectivity index (χ0n) is 9.69. The predicted molar refractivity (Wildman–Crippen MR) is 61.9 cm³/mol. The van der Waals surface area contributed by atoms with Crippen molar-refractivity contribution in [2.75, 3.05) is 13.2 Å². The van der Waals surface area contributed by atoms with Crippen LogP contribution in [0.3, 0.4) is 0 Å². The van der Waals surface area contributed by atoms with Crippen molar-refractivity contribution in [3.05, 3.63) is 35.4 Å². The number of hydrogen-bond donors (Lipinski definition) is 1. The SMILES string of the molecule is Cc1ccc(CNC(=O)C2(C#N)COC2)cc1. The van der Waals surface area contributed by atoms with Gasteiger partial charge >= 0.3 is 0 Å². The van der Waals surface area contributed by atoms with E-state index in [1.54, 1.807) is 0 Å². The topological polar surface area (TPSA) is 62.1 Å². The number of benzene rings is 1. The van der Waals surface area contributed by atoms with Gasteiger partial charge in [0.25, 0.3) is 0 Å². The predicted octanol–water partition coefficient (Wildman–Crippen LogP) is 1.15. The van der Waals surface area contributed by atoms with Crippen LogP contribution in [0, 0.1) is 23.7 Å². The number of amides is 1. The molecule has 17 heavy (non-hydrogen) atoms. The standard InChI is InChI=1S/C13H14N2O2/c1-10-2-4-11(5-3-10)6-15-12(16)13(7-14)8-17-9-13/h2-5H,6,8-9H2,1H3,(H,15,16). The highest BCUT2D eigenvalue weighted by Gasteiger charge is 2.46. The van der Waals surface area contributed by atoms with E-state index in [9.17, 15) is 4.79 Å². The van der Waals surface area contributed by atoms with E-state index in [0.717, 1.165) is 5.56 Å². The van der Waals surface area contributed by atoms with Gasteiger partial charge in [0.1, 0.15) is 0 Å². The maximum Gasteiger partial charge on any atom is 0.245 e. The van der Waals surface area contributed by atoms with Crippen LogP contribution in [0.4, 0.5) is 0 Å². The second kappa shape index (κ2) is 4.56. The Kier molecular flexibility index (Phi) is 3.12. The van der Waals surface area contributed by atoms with Crippen LogP contribution < -0.4 is 5.32 Å². The Labute approximate surface area is 100 Å². The first-order valence-electron chi connectivity index (χ1n) is 5.49. The normalized spacial score (nSPS) is 16.7. The fraction of sp³-hybridized carbons (Fsp3) is 0.385. The van der Waals surface area contributed by atoms with E-state index in [4.69, 9.17) is 10.00 Å². The minimum Gasteiger partial charge on any atom is -0.377 e. The van der Waals surface area contributed by atoms with Crippen LogP contribution in [0.2, 0.25) is 0 Å². The van der Waals surface area contributed by atoms with Crippen LogP contribution in [-0.2, 0) is 16.1 Å². The first-order chi connectivity index (χ1) is 8.16. The molecule has 1 aliphatic rings. The molecule has 0 aliphatic carbocycles. The Morgan fingerprint density at radius 3 is 2.59 bits per heavy atom. The number of rotatable bonds is 3. The van der Waals surface area contributed by atoms with Crippen molar-refractivity contribution in [3.63, 3.8) is 0 Å². The van der Waals surface area contributed by atoms with Crippen LogP contribution in [0.15, 0.2) is 24.3 Å². The maximum absolute atomic E-state index is 11.8. The van der Waals surface area contributed by atoms with Gasteiger partial charge in [-0.25, -0.2) is 0 Å². The zero-order chi connectivity index (χ0) is 12.3. The molecule has 0 saturated carbocycles. The zero-order valence-corrected chi connectivity index (χ0v) is 9.69. The van der Waals surface area contributed by atoms with Gasteiger partial charge in [0.2, 0.25) is 5.91 Å². The lowest BCUT2D eigenvalue weighted by Gasteiger charge is -2.33. The molecule has 4 heteroatoms. The number of hydrogen-bond acceptors (Lipinski definition) is 3. The second-order valence-corrected chi connectivity index (χ2v) is 4.35. The number of carbonyl (C=O) groups excluding carboxylic acids is 1. The summed E-state index contributed by atoms with van der Waals surface area (Å²) in [6.45, 7) is 2.85. The average Bonchev–Trinajstić information content (AvgIpc) is 2.27. The lowest BCUT2D eigenvalue weighted by atomic mass is 9.87. The number of ether oxygens (including phenoxy) is 1. The number of aryl methyl sites for hydroxylation is 1. The molecule has 0 unspecified atom stereocenters. The minimum atomic E-state index is -0.968. The largest absolute Gasteiger partial charge is 0.377 e. The van der Waals surface area contributed by atoms with Crippen LogP contribution in [0.5, 0.6) is 0 Å². The molecular formula is C13H14N2O2. The summed E-state index contributed by atoms with van der Waals surface area (Å²) in [7, 11) is 0. The Bertz CT molecular complexity index is 455. The van der Waals surface area contributed by atoms with Crippen LogP contribution in [-0.4, -0.2) is 19.1 Å². The molecule has 0 atom stereocenters.